The SMILES string of the molecule is O=C(NCc1cccs1)NC(CO)c1ccc(Cl)cc1. The zero-order chi connectivity index (χ0) is 14.4. The summed E-state index contributed by atoms with van der Waals surface area (Å²) in [5.74, 6) is 0. The predicted molar refractivity (Wildman–Crippen MR) is 81.0 cm³/mol. The Morgan fingerprint density at radius 3 is 2.65 bits per heavy atom. The summed E-state index contributed by atoms with van der Waals surface area (Å²) in [5, 5.41) is 17.4. The van der Waals surface area contributed by atoms with Crippen LogP contribution >= 0.6 is 22.9 Å². The molecule has 2 rings (SSSR count). The van der Waals surface area contributed by atoms with Crippen LogP contribution in [0, 0.1) is 0 Å². The van der Waals surface area contributed by atoms with E-state index in [2.05, 4.69) is 10.6 Å². The van der Waals surface area contributed by atoms with Crippen molar-refractivity contribution >= 4 is 29.0 Å². The molecule has 0 aliphatic carbocycles. The fraction of sp³-hybridized carbons (Fsp3) is 0.214. The maximum atomic E-state index is 11.8. The van der Waals surface area contributed by atoms with Gasteiger partial charge < -0.3 is 15.7 Å². The Hall–Kier alpha value is -1.56. The molecule has 0 aliphatic rings. The Morgan fingerprint density at radius 1 is 1.30 bits per heavy atom. The van der Waals surface area contributed by atoms with Crippen LogP contribution in [-0.2, 0) is 6.54 Å². The molecule has 1 heterocycles. The smallest absolute Gasteiger partial charge is 0.315 e. The minimum Gasteiger partial charge on any atom is -0.394 e. The van der Waals surface area contributed by atoms with E-state index in [4.69, 9.17) is 11.6 Å². The van der Waals surface area contributed by atoms with Gasteiger partial charge in [0.25, 0.3) is 0 Å². The molecule has 2 aromatic rings. The molecule has 0 aliphatic heterocycles. The van der Waals surface area contributed by atoms with E-state index in [9.17, 15) is 9.90 Å². The maximum Gasteiger partial charge on any atom is 0.315 e. The van der Waals surface area contributed by atoms with Crippen molar-refractivity contribution in [3.63, 3.8) is 0 Å². The van der Waals surface area contributed by atoms with Crippen LogP contribution in [0.1, 0.15) is 16.5 Å². The second-order valence-corrected chi connectivity index (χ2v) is 5.66. The van der Waals surface area contributed by atoms with Crippen molar-refractivity contribution in [3.05, 3.63) is 57.2 Å². The van der Waals surface area contributed by atoms with E-state index in [1.165, 1.54) is 0 Å². The van der Waals surface area contributed by atoms with Crippen LogP contribution in [0.3, 0.4) is 0 Å². The third kappa shape index (κ3) is 4.23. The highest BCUT2D eigenvalue weighted by Crippen LogP contribution is 2.16. The largest absolute Gasteiger partial charge is 0.394 e. The molecule has 106 valence electrons. The van der Waals surface area contributed by atoms with Crippen LogP contribution in [0.2, 0.25) is 5.02 Å². The highest BCUT2D eigenvalue weighted by Gasteiger charge is 2.13. The molecule has 0 saturated heterocycles. The monoisotopic (exact) mass is 310 g/mol. The number of nitrogens with one attached hydrogen (secondary N) is 2. The number of halogens is 1. The number of aliphatic hydroxyl groups is 1. The first-order chi connectivity index (χ1) is 9.69. The third-order valence-corrected chi connectivity index (χ3v) is 3.89. The Balaban J connectivity index is 1.89. The van der Waals surface area contributed by atoms with E-state index in [1.54, 1.807) is 35.6 Å². The summed E-state index contributed by atoms with van der Waals surface area (Å²) in [6, 6.07) is 10.1. The van der Waals surface area contributed by atoms with E-state index >= 15 is 0 Å². The molecule has 0 fully saturated rings. The first-order valence-corrected chi connectivity index (χ1v) is 7.38. The Kier molecular flexibility index (Phi) is 5.40. The standard InChI is InChI=1S/C14H15ClN2O2S/c15-11-5-3-10(4-6-11)13(9-18)17-14(19)16-8-12-2-1-7-20-12/h1-7,13,18H,8-9H2,(H2,16,17,19). The summed E-state index contributed by atoms with van der Waals surface area (Å²) in [5.41, 5.74) is 0.808. The van der Waals surface area contributed by atoms with Crippen LogP contribution in [0.15, 0.2) is 41.8 Å². The fourth-order valence-corrected chi connectivity index (χ4v) is 2.49. The second kappa shape index (κ2) is 7.28. The Labute approximate surface area is 126 Å². The number of amides is 2. The van der Waals surface area contributed by atoms with Crippen molar-refractivity contribution in [2.24, 2.45) is 0 Å². The number of urea groups is 1. The van der Waals surface area contributed by atoms with Gasteiger partial charge in [0.05, 0.1) is 19.2 Å². The number of rotatable bonds is 5. The summed E-state index contributed by atoms with van der Waals surface area (Å²) in [6.45, 7) is 0.302. The van der Waals surface area contributed by atoms with Gasteiger partial charge in [0.15, 0.2) is 0 Å². The van der Waals surface area contributed by atoms with E-state index in [1.807, 2.05) is 17.5 Å². The highest BCUT2D eigenvalue weighted by molar-refractivity contribution is 7.09. The lowest BCUT2D eigenvalue weighted by atomic mass is 10.1. The minimum atomic E-state index is -0.449. The van der Waals surface area contributed by atoms with Gasteiger partial charge in [-0.05, 0) is 29.1 Å². The number of benzene rings is 1. The first-order valence-electron chi connectivity index (χ1n) is 6.12. The number of aliphatic hydroxyl groups excluding tert-OH is 1. The summed E-state index contributed by atoms with van der Waals surface area (Å²) >= 11 is 7.39. The molecule has 1 atom stereocenters. The van der Waals surface area contributed by atoms with E-state index < -0.39 is 6.04 Å². The second-order valence-electron chi connectivity index (χ2n) is 4.19. The lowest BCUT2D eigenvalue weighted by Crippen LogP contribution is -2.38. The zero-order valence-corrected chi connectivity index (χ0v) is 12.2. The van der Waals surface area contributed by atoms with Gasteiger partial charge in [-0.1, -0.05) is 29.8 Å². The molecular formula is C14H15ClN2O2S. The van der Waals surface area contributed by atoms with Gasteiger partial charge >= 0.3 is 6.03 Å². The molecule has 3 N–H and O–H groups in total. The normalized spacial score (nSPS) is 11.9. The summed E-state index contributed by atoms with van der Waals surface area (Å²) in [4.78, 5) is 12.9. The first kappa shape index (κ1) is 14.8. The molecule has 0 spiro atoms. The van der Waals surface area contributed by atoms with E-state index in [0.29, 0.717) is 11.6 Å². The van der Waals surface area contributed by atoms with E-state index in [0.717, 1.165) is 10.4 Å². The van der Waals surface area contributed by atoms with Crippen LogP contribution in [0.25, 0.3) is 0 Å². The average Bonchev–Trinajstić information content (AvgIpc) is 2.97. The van der Waals surface area contributed by atoms with Crippen molar-refractivity contribution in [1.82, 2.24) is 10.6 Å². The molecule has 0 saturated carbocycles. The number of carbonyl (C=O) groups excluding carboxylic acids is 1. The third-order valence-electron chi connectivity index (χ3n) is 2.76. The van der Waals surface area contributed by atoms with E-state index in [-0.39, 0.29) is 12.6 Å². The molecule has 2 amide bonds. The molecule has 1 unspecified atom stereocenters. The van der Waals surface area contributed by atoms with Crippen LogP contribution in [0.5, 0.6) is 0 Å². The Morgan fingerprint density at radius 2 is 2.05 bits per heavy atom. The van der Waals surface area contributed by atoms with Crippen molar-refractivity contribution in [2.75, 3.05) is 6.61 Å². The molecule has 20 heavy (non-hydrogen) atoms. The predicted octanol–water partition coefficient (Wildman–Crippen LogP) is 2.93. The van der Waals surface area contributed by atoms with Gasteiger partial charge in [-0.25, -0.2) is 4.79 Å². The van der Waals surface area contributed by atoms with Gasteiger partial charge in [-0.15, -0.1) is 11.3 Å². The van der Waals surface area contributed by atoms with Crippen molar-refractivity contribution < 1.29 is 9.90 Å². The lowest BCUT2D eigenvalue weighted by Gasteiger charge is -2.17. The van der Waals surface area contributed by atoms with Gasteiger partial charge in [-0.3, -0.25) is 0 Å². The minimum absolute atomic E-state index is 0.173. The lowest BCUT2D eigenvalue weighted by molar-refractivity contribution is 0.216. The quantitative estimate of drug-likeness (QED) is 0.795. The molecule has 0 bridgehead atoms. The summed E-state index contributed by atoms with van der Waals surface area (Å²) < 4.78 is 0. The molecule has 4 nitrogen and oxygen atoms in total. The summed E-state index contributed by atoms with van der Waals surface area (Å²) in [7, 11) is 0. The number of thiophene rings is 1. The van der Waals surface area contributed by atoms with Crippen LogP contribution in [0.4, 0.5) is 4.79 Å². The number of carbonyl (C=O) groups is 1. The molecule has 6 heteroatoms. The highest BCUT2D eigenvalue weighted by atomic mass is 35.5. The topological polar surface area (TPSA) is 61.4 Å². The van der Waals surface area contributed by atoms with Crippen molar-refractivity contribution in [2.45, 2.75) is 12.6 Å². The number of hydrogen-bond acceptors (Lipinski definition) is 3. The maximum absolute atomic E-state index is 11.8. The Bertz CT molecular complexity index is 543. The molecule has 0 radical (unpaired) electrons. The fourth-order valence-electron chi connectivity index (χ4n) is 1.72. The van der Waals surface area contributed by atoms with Gasteiger partial charge in [-0.2, -0.15) is 0 Å². The number of hydrogen-bond donors (Lipinski definition) is 3. The van der Waals surface area contributed by atoms with Gasteiger partial charge in [0.2, 0.25) is 0 Å². The van der Waals surface area contributed by atoms with Gasteiger partial charge in [0, 0.05) is 9.90 Å². The zero-order valence-electron chi connectivity index (χ0n) is 10.7. The van der Waals surface area contributed by atoms with Crippen LogP contribution < -0.4 is 10.6 Å². The van der Waals surface area contributed by atoms with Crippen molar-refractivity contribution in [3.8, 4) is 0 Å². The van der Waals surface area contributed by atoms with Crippen LogP contribution in [-0.4, -0.2) is 17.7 Å². The average molecular weight is 311 g/mol. The van der Waals surface area contributed by atoms with Crippen molar-refractivity contribution in [1.29, 1.82) is 0 Å². The molecular weight excluding hydrogens is 296 g/mol. The van der Waals surface area contributed by atoms with Gasteiger partial charge in [0.1, 0.15) is 0 Å². The molecule has 1 aromatic carbocycles. The molecule has 1 aromatic heterocycles. The summed E-state index contributed by atoms with van der Waals surface area (Å²) in [6.07, 6.45) is 0.